The van der Waals surface area contributed by atoms with Crippen LogP contribution in [0.15, 0.2) is 41.1 Å². The van der Waals surface area contributed by atoms with E-state index in [0.29, 0.717) is 31.3 Å². The summed E-state index contributed by atoms with van der Waals surface area (Å²) >= 11 is 3.53. The Balaban J connectivity index is 1.62. The summed E-state index contributed by atoms with van der Waals surface area (Å²) in [4.78, 5) is 16.1. The first-order valence-corrected chi connectivity index (χ1v) is 8.45. The number of nitrogens with one attached hydrogen (secondary N) is 2. The van der Waals surface area contributed by atoms with Gasteiger partial charge in [-0.15, -0.1) is 0 Å². The first-order valence-electron chi connectivity index (χ1n) is 7.66. The molecule has 6 nitrogen and oxygen atoms in total. The van der Waals surface area contributed by atoms with Crippen LogP contribution in [0.3, 0.4) is 0 Å². The number of benzene rings is 1. The number of hydrogen-bond donors (Lipinski definition) is 2. The molecule has 1 aliphatic heterocycles. The molecule has 2 N–H and O–H groups in total. The molecule has 1 atom stereocenters. The quantitative estimate of drug-likeness (QED) is 0.839. The number of amides is 2. The number of rotatable bonds is 4. The van der Waals surface area contributed by atoms with Crippen molar-refractivity contribution in [3.63, 3.8) is 0 Å². The van der Waals surface area contributed by atoms with Gasteiger partial charge in [0, 0.05) is 23.4 Å². The number of nitrogens with zero attached hydrogens (tertiary/aromatic N) is 1. The molecule has 3 rings (SSSR count). The predicted molar refractivity (Wildman–Crippen MR) is 93.2 cm³/mol. The lowest BCUT2D eigenvalue weighted by molar-refractivity contribution is 0.171. The van der Waals surface area contributed by atoms with Crippen LogP contribution in [0, 0.1) is 0 Å². The lowest BCUT2D eigenvalue weighted by atomic mass is 10.1. The van der Waals surface area contributed by atoms with Crippen LogP contribution in [0.1, 0.15) is 24.1 Å². The van der Waals surface area contributed by atoms with Crippen molar-refractivity contribution in [3.8, 4) is 11.5 Å². The van der Waals surface area contributed by atoms with Gasteiger partial charge in [0.25, 0.3) is 0 Å². The van der Waals surface area contributed by atoms with E-state index in [2.05, 4.69) is 31.5 Å². The summed E-state index contributed by atoms with van der Waals surface area (Å²) in [6.45, 7) is 3.42. The maximum Gasteiger partial charge on any atom is 0.315 e. The standard InChI is InChI=1S/C17H18BrN3O3/c1-11(21-17(22)20-10-12-3-2-4-19-9-12)13-7-15-16(8-14(13)18)24-6-5-23-15/h2-4,7-9,11H,5-6,10H2,1H3,(H2,20,21,22). The minimum absolute atomic E-state index is 0.191. The van der Waals surface area contributed by atoms with Crippen LogP contribution in [0.4, 0.5) is 4.79 Å². The molecular formula is C17H18BrN3O3. The van der Waals surface area contributed by atoms with Gasteiger partial charge in [0.05, 0.1) is 6.04 Å². The molecule has 0 spiro atoms. The summed E-state index contributed by atoms with van der Waals surface area (Å²) in [5, 5.41) is 5.74. The Bertz CT molecular complexity index is 725. The zero-order chi connectivity index (χ0) is 16.9. The molecule has 1 unspecified atom stereocenters. The van der Waals surface area contributed by atoms with Crippen molar-refractivity contribution >= 4 is 22.0 Å². The van der Waals surface area contributed by atoms with Gasteiger partial charge in [-0.25, -0.2) is 4.79 Å². The highest BCUT2D eigenvalue weighted by molar-refractivity contribution is 9.10. The minimum atomic E-state index is -0.242. The minimum Gasteiger partial charge on any atom is -0.486 e. The molecule has 0 aliphatic carbocycles. The number of hydrogen-bond acceptors (Lipinski definition) is 4. The number of carbonyl (C=O) groups is 1. The normalized spacial score (nSPS) is 13.9. The van der Waals surface area contributed by atoms with Gasteiger partial charge >= 0.3 is 6.03 Å². The van der Waals surface area contributed by atoms with Gasteiger partial charge < -0.3 is 20.1 Å². The maximum atomic E-state index is 12.1. The third-order valence-electron chi connectivity index (χ3n) is 3.65. The number of carbonyl (C=O) groups excluding carboxylic acids is 1. The van der Waals surface area contributed by atoms with Crippen molar-refractivity contribution in [2.45, 2.75) is 19.5 Å². The highest BCUT2D eigenvalue weighted by Gasteiger charge is 2.19. The summed E-state index contributed by atoms with van der Waals surface area (Å²) in [6, 6.07) is 7.08. The Hall–Kier alpha value is -2.28. The monoisotopic (exact) mass is 391 g/mol. The number of urea groups is 1. The SMILES string of the molecule is CC(NC(=O)NCc1cccnc1)c1cc2c(cc1Br)OCCO2. The molecule has 2 amide bonds. The Morgan fingerprint density at radius 1 is 1.33 bits per heavy atom. The Morgan fingerprint density at radius 2 is 2.08 bits per heavy atom. The number of pyridine rings is 1. The second kappa shape index (κ2) is 7.53. The van der Waals surface area contributed by atoms with Gasteiger partial charge in [0.15, 0.2) is 11.5 Å². The Kier molecular flexibility index (Phi) is 5.20. The summed E-state index contributed by atoms with van der Waals surface area (Å²) in [5.41, 5.74) is 1.87. The van der Waals surface area contributed by atoms with E-state index in [1.54, 1.807) is 12.4 Å². The second-order valence-electron chi connectivity index (χ2n) is 5.43. The third kappa shape index (κ3) is 3.97. The number of fused-ring (bicyclic) bond motifs is 1. The average molecular weight is 392 g/mol. The van der Waals surface area contributed by atoms with Crippen LogP contribution >= 0.6 is 15.9 Å². The molecule has 2 aromatic rings. The van der Waals surface area contributed by atoms with E-state index in [9.17, 15) is 4.79 Å². The largest absolute Gasteiger partial charge is 0.486 e. The van der Waals surface area contributed by atoms with Crippen LogP contribution in [0.2, 0.25) is 0 Å². The fraction of sp³-hybridized carbons (Fsp3) is 0.294. The molecule has 0 bridgehead atoms. The summed E-state index contributed by atoms with van der Waals surface area (Å²) in [7, 11) is 0. The smallest absolute Gasteiger partial charge is 0.315 e. The first kappa shape index (κ1) is 16.6. The highest BCUT2D eigenvalue weighted by Crippen LogP contribution is 2.37. The molecule has 7 heteroatoms. The Labute approximate surface area is 148 Å². The fourth-order valence-electron chi connectivity index (χ4n) is 2.42. The molecule has 0 fully saturated rings. The summed E-state index contributed by atoms with van der Waals surface area (Å²) in [5.74, 6) is 1.41. The van der Waals surface area contributed by atoms with E-state index in [-0.39, 0.29) is 12.1 Å². The summed E-state index contributed by atoms with van der Waals surface area (Å²) < 4.78 is 12.0. The molecule has 1 aromatic heterocycles. The van der Waals surface area contributed by atoms with E-state index in [1.807, 2.05) is 31.2 Å². The number of aromatic nitrogens is 1. The van der Waals surface area contributed by atoms with Crippen LogP contribution in [-0.4, -0.2) is 24.2 Å². The molecular weight excluding hydrogens is 374 g/mol. The van der Waals surface area contributed by atoms with E-state index in [1.165, 1.54) is 0 Å². The van der Waals surface area contributed by atoms with Crippen molar-refractivity contribution in [2.24, 2.45) is 0 Å². The van der Waals surface area contributed by atoms with Crippen molar-refractivity contribution in [1.29, 1.82) is 0 Å². The predicted octanol–water partition coefficient (Wildman–Crippen LogP) is 3.18. The van der Waals surface area contributed by atoms with Gasteiger partial charge in [-0.05, 0) is 36.2 Å². The van der Waals surface area contributed by atoms with Gasteiger partial charge in [0.2, 0.25) is 0 Å². The van der Waals surface area contributed by atoms with Gasteiger partial charge in [-0.2, -0.15) is 0 Å². The lowest BCUT2D eigenvalue weighted by Gasteiger charge is -2.22. The van der Waals surface area contributed by atoms with Gasteiger partial charge in [0.1, 0.15) is 13.2 Å². The Morgan fingerprint density at radius 3 is 2.79 bits per heavy atom. The highest BCUT2D eigenvalue weighted by atomic mass is 79.9. The topological polar surface area (TPSA) is 72.5 Å². The van der Waals surface area contributed by atoms with Crippen molar-refractivity contribution < 1.29 is 14.3 Å². The number of ether oxygens (including phenoxy) is 2. The molecule has 24 heavy (non-hydrogen) atoms. The fourth-order valence-corrected chi connectivity index (χ4v) is 3.09. The van der Waals surface area contributed by atoms with Crippen molar-refractivity contribution in [1.82, 2.24) is 15.6 Å². The molecule has 1 aromatic carbocycles. The van der Waals surface area contributed by atoms with Gasteiger partial charge in [-0.3, -0.25) is 4.98 Å². The second-order valence-corrected chi connectivity index (χ2v) is 6.28. The van der Waals surface area contributed by atoms with Crippen molar-refractivity contribution in [2.75, 3.05) is 13.2 Å². The van der Waals surface area contributed by atoms with Crippen LogP contribution in [0.25, 0.3) is 0 Å². The number of halogens is 1. The maximum absolute atomic E-state index is 12.1. The molecule has 126 valence electrons. The average Bonchev–Trinajstić information content (AvgIpc) is 2.60. The zero-order valence-corrected chi connectivity index (χ0v) is 14.8. The molecule has 1 aliphatic rings. The van der Waals surface area contributed by atoms with E-state index < -0.39 is 0 Å². The molecule has 0 radical (unpaired) electrons. The molecule has 0 saturated carbocycles. The molecule has 2 heterocycles. The van der Waals surface area contributed by atoms with Gasteiger partial charge in [-0.1, -0.05) is 22.0 Å². The molecule has 0 saturated heterocycles. The first-order chi connectivity index (χ1) is 11.6. The summed E-state index contributed by atoms with van der Waals surface area (Å²) in [6.07, 6.45) is 3.42. The van der Waals surface area contributed by atoms with Crippen LogP contribution in [0.5, 0.6) is 11.5 Å². The van der Waals surface area contributed by atoms with Crippen molar-refractivity contribution in [3.05, 3.63) is 52.3 Å². The zero-order valence-electron chi connectivity index (χ0n) is 13.2. The van der Waals surface area contributed by atoms with E-state index >= 15 is 0 Å². The third-order valence-corrected chi connectivity index (χ3v) is 4.34. The lowest BCUT2D eigenvalue weighted by Crippen LogP contribution is -2.36. The van der Waals surface area contributed by atoms with Crippen LogP contribution < -0.4 is 20.1 Å². The van der Waals surface area contributed by atoms with Crippen LogP contribution in [-0.2, 0) is 6.54 Å². The van der Waals surface area contributed by atoms with E-state index in [0.717, 1.165) is 15.6 Å². The van der Waals surface area contributed by atoms with E-state index in [4.69, 9.17) is 9.47 Å².